The van der Waals surface area contributed by atoms with E-state index >= 15 is 0 Å². The maximum Gasteiger partial charge on any atom is 0.416 e. The van der Waals surface area contributed by atoms with Gasteiger partial charge in [0.2, 0.25) is 0 Å². The number of aromatic nitrogens is 1. The Morgan fingerprint density at radius 1 is 0.906 bits per heavy atom. The van der Waals surface area contributed by atoms with E-state index in [1.165, 1.54) is 18.2 Å². The third-order valence-electron chi connectivity index (χ3n) is 4.47. The van der Waals surface area contributed by atoms with Crippen LogP contribution in [0.15, 0.2) is 83.9 Å². The fraction of sp³-hybridized carbons (Fsp3) is 0.0455. The van der Waals surface area contributed by atoms with E-state index in [0.29, 0.717) is 17.3 Å². The Morgan fingerprint density at radius 3 is 2.41 bits per heavy atom. The molecule has 164 valence electrons. The summed E-state index contributed by atoms with van der Waals surface area (Å²) in [5.74, 6) is 0.717. The number of hydrogen-bond donors (Lipinski definition) is 1. The lowest BCUT2D eigenvalue weighted by Crippen LogP contribution is -2.14. The maximum absolute atomic E-state index is 12.9. The average molecular weight is 479 g/mol. The summed E-state index contributed by atoms with van der Waals surface area (Å²) >= 11 is 6.26. The van der Waals surface area contributed by atoms with Gasteiger partial charge in [-0.05, 0) is 48.5 Å². The van der Waals surface area contributed by atoms with Crippen molar-refractivity contribution in [2.24, 2.45) is 0 Å². The van der Waals surface area contributed by atoms with Crippen LogP contribution in [-0.2, 0) is 16.2 Å². The number of alkyl halides is 3. The number of para-hydroxylation sites is 1. The Bertz CT molecular complexity index is 1400. The zero-order valence-electron chi connectivity index (χ0n) is 16.1. The van der Waals surface area contributed by atoms with Gasteiger partial charge >= 0.3 is 6.18 Å². The summed E-state index contributed by atoms with van der Waals surface area (Å²) in [5, 5.41) is 0.966. The van der Waals surface area contributed by atoms with Crippen molar-refractivity contribution in [3.63, 3.8) is 0 Å². The summed E-state index contributed by atoms with van der Waals surface area (Å²) in [6.07, 6.45) is -3.03. The van der Waals surface area contributed by atoms with Gasteiger partial charge in [0, 0.05) is 11.6 Å². The Hall–Kier alpha value is -3.30. The highest BCUT2D eigenvalue weighted by atomic mass is 35.5. The first-order valence-electron chi connectivity index (χ1n) is 9.15. The van der Waals surface area contributed by atoms with Gasteiger partial charge in [-0.3, -0.25) is 9.71 Å². The molecule has 0 radical (unpaired) electrons. The summed E-state index contributed by atoms with van der Waals surface area (Å²) in [6, 6.07) is 16.7. The second-order valence-corrected chi connectivity index (χ2v) is 8.80. The molecule has 0 aliphatic heterocycles. The van der Waals surface area contributed by atoms with Crippen molar-refractivity contribution < 1.29 is 26.3 Å². The predicted octanol–water partition coefficient (Wildman–Crippen LogP) is 6.50. The molecule has 10 heteroatoms. The molecule has 0 unspecified atom stereocenters. The molecule has 4 aromatic rings. The van der Waals surface area contributed by atoms with Gasteiger partial charge in [0.05, 0.1) is 21.2 Å². The molecule has 0 bridgehead atoms. The highest BCUT2D eigenvalue weighted by molar-refractivity contribution is 7.92. The molecule has 5 nitrogen and oxygen atoms in total. The van der Waals surface area contributed by atoms with Crippen LogP contribution in [0.4, 0.5) is 18.9 Å². The van der Waals surface area contributed by atoms with E-state index in [1.54, 1.807) is 24.4 Å². The van der Waals surface area contributed by atoms with Gasteiger partial charge in [0.1, 0.15) is 11.3 Å². The van der Waals surface area contributed by atoms with Crippen molar-refractivity contribution in [2.75, 3.05) is 4.72 Å². The molecule has 1 N–H and O–H groups in total. The van der Waals surface area contributed by atoms with Gasteiger partial charge in [-0.25, -0.2) is 8.42 Å². The minimum absolute atomic E-state index is 0.0656. The number of fused-ring (bicyclic) bond motifs is 1. The summed E-state index contributed by atoms with van der Waals surface area (Å²) in [6.45, 7) is 0. The van der Waals surface area contributed by atoms with Gasteiger partial charge in [0.25, 0.3) is 10.0 Å². The van der Waals surface area contributed by atoms with Crippen LogP contribution in [-0.4, -0.2) is 13.4 Å². The van der Waals surface area contributed by atoms with Gasteiger partial charge in [-0.1, -0.05) is 35.9 Å². The topological polar surface area (TPSA) is 68.3 Å². The lowest BCUT2D eigenvalue weighted by atomic mass is 10.2. The van der Waals surface area contributed by atoms with Crippen LogP contribution in [0, 0.1) is 0 Å². The first kappa shape index (κ1) is 21.9. The number of nitrogens with zero attached hydrogens (tertiary/aromatic N) is 1. The number of pyridine rings is 1. The minimum Gasteiger partial charge on any atom is -0.454 e. The summed E-state index contributed by atoms with van der Waals surface area (Å²) in [4.78, 5) is 3.77. The lowest BCUT2D eigenvalue weighted by molar-refractivity contribution is -0.137. The summed E-state index contributed by atoms with van der Waals surface area (Å²) < 4.78 is 71.9. The standard InChI is InChI=1S/C22H14ClF3N2O3S/c23-18-13-16(28-32(29,30)17-7-2-6-15(12-17)22(24,25)26)9-10-19(18)31-20-8-1-4-14-5-3-11-27-21(14)20/h1-13,28H. The van der Waals surface area contributed by atoms with Crippen molar-refractivity contribution in [1.82, 2.24) is 4.98 Å². The molecule has 0 atom stereocenters. The Balaban J connectivity index is 1.58. The fourth-order valence-electron chi connectivity index (χ4n) is 2.98. The molecule has 1 heterocycles. The molecule has 0 saturated carbocycles. The fourth-order valence-corrected chi connectivity index (χ4v) is 4.29. The Morgan fingerprint density at radius 2 is 1.66 bits per heavy atom. The van der Waals surface area contributed by atoms with E-state index < -0.39 is 26.7 Å². The van der Waals surface area contributed by atoms with Crippen molar-refractivity contribution in [1.29, 1.82) is 0 Å². The van der Waals surface area contributed by atoms with Crippen molar-refractivity contribution in [3.05, 3.63) is 89.6 Å². The first-order valence-corrected chi connectivity index (χ1v) is 11.0. The van der Waals surface area contributed by atoms with E-state index in [9.17, 15) is 21.6 Å². The molecule has 0 aliphatic carbocycles. The average Bonchev–Trinajstić information content (AvgIpc) is 2.75. The second kappa shape index (κ2) is 8.33. The molecule has 4 rings (SSSR count). The van der Waals surface area contributed by atoms with Crippen LogP contribution >= 0.6 is 11.6 Å². The van der Waals surface area contributed by atoms with Crippen LogP contribution < -0.4 is 9.46 Å². The molecule has 32 heavy (non-hydrogen) atoms. The minimum atomic E-state index is -4.66. The van der Waals surface area contributed by atoms with Crippen molar-refractivity contribution >= 4 is 38.2 Å². The largest absolute Gasteiger partial charge is 0.454 e. The number of nitrogens with one attached hydrogen (secondary N) is 1. The van der Waals surface area contributed by atoms with Gasteiger partial charge < -0.3 is 4.74 Å². The van der Waals surface area contributed by atoms with Crippen molar-refractivity contribution in [3.8, 4) is 11.5 Å². The van der Waals surface area contributed by atoms with Gasteiger partial charge in [-0.15, -0.1) is 0 Å². The number of halogens is 4. The van der Waals surface area contributed by atoms with E-state index in [2.05, 4.69) is 9.71 Å². The summed E-state index contributed by atoms with van der Waals surface area (Å²) in [7, 11) is -4.27. The van der Waals surface area contributed by atoms with Crippen molar-refractivity contribution in [2.45, 2.75) is 11.1 Å². The van der Waals surface area contributed by atoms with Crippen LogP contribution in [0.25, 0.3) is 10.9 Å². The molecule has 0 spiro atoms. The normalized spacial score (nSPS) is 12.0. The molecule has 0 aliphatic rings. The number of sulfonamides is 1. The highest BCUT2D eigenvalue weighted by Gasteiger charge is 2.31. The molecular weight excluding hydrogens is 465 g/mol. The van der Waals surface area contributed by atoms with Gasteiger partial charge in [-0.2, -0.15) is 13.2 Å². The van der Waals surface area contributed by atoms with Crippen LogP contribution in [0.1, 0.15) is 5.56 Å². The lowest BCUT2D eigenvalue weighted by Gasteiger charge is -2.13. The first-order chi connectivity index (χ1) is 15.1. The number of hydrogen-bond acceptors (Lipinski definition) is 4. The van der Waals surface area contributed by atoms with E-state index in [-0.39, 0.29) is 16.5 Å². The number of benzene rings is 3. The van der Waals surface area contributed by atoms with Crippen LogP contribution in [0.3, 0.4) is 0 Å². The molecule has 1 aromatic heterocycles. The third-order valence-corrected chi connectivity index (χ3v) is 6.15. The predicted molar refractivity (Wildman–Crippen MR) is 116 cm³/mol. The number of rotatable bonds is 5. The third kappa shape index (κ3) is 4.63. The van der Waals surface area contributed by atoms with Crippen LogP contribution in [0.2, 0.25) is 5.02 Å². The van der Waals surface area contributed by atoms with E-state index in [4.69, 9.17) is 16.3 Å². The highest BCUT2D eigenvalue weighted by Crippen LogP contribution is 2.35. The maximum atomic E-state index is 12.9. The van der Waals surface area contributed by atoms with E-state index in [1.807, 2.05) is 12.1 Å². The van der Waals surface area contributed by atoms with Gasteiger partial charge in [0.15, 0.2) is 5.75 Å². The second-order valence-electron chi connectivity index (χ2n) is 6.71. The van der Waals surface area contributed by atoms with E-state index in [0.717, 1.165) is 23.6 Å². The Kier molecular flexibility index (Phi) is 5.70. The molecule has 0 saturated heterocycles. The monoisotopic (exact) mass is 478 g/mol. The zero-order chi connectivity index (χ0) is 22.9. The number of ether oxygens (including phenoxy) is 1. The quantitative estimate of drug-likeness (QED) is 0.355. The van der Waals surface area contributed by atoms with Crippen LogP contribution in [0.5, 0.6) is 11.5 Å². The number of anilines is 1. The summed E-state index contributed by atoms with van der Waals surface area (Å²) in [5.41, 5.74) is -0.373. The molecular formula is C22H14ClF3N2O3S. The zero-order valence-corrected chi connectivity index (χ0v) is 17.7. The molecule has 0 amide bonds. The molecule has 3 aromatic carbocycles. The Labute approximate surface area is 186 Å². The SMILES string of the molecule is O=S(=O)(Nc1ccc(Oc2cccc3cccnc23)c(Cl)c1)c1cccc(C(F)(F)F)c1. The molecule has 0 fully saturated rings. The smallest absolute Gasteiger partial charge is 0.416 e.